The average molecular weight is 374 g/mol. The Labute approximate surface area is 149 Å². The Bertz CT molecular complexity index is 487. The molecule has 0 aromatic rings. The van der Waals surface area contributed by atoms with Crippen LogP contribution in [0.25, 0.3) is 0 Å². The summed E-state index contributed by atoms with van der Waals surface area (Å²) in [6, 6.07) is 0.984. The second-order valence-corrected chi connectivity index (χ2v) is 18.1. The van der Waals surface area contributed by atoms with E-state index in [-0.39, 0.29) is 11.9 Å². The Morgan fingerprint density at radius 1 is 1.12 bits per heavy atom. The van der Waals surface area contributed by atoms with Crippen LogP contribution in [0.5, 0.6) is 0 Å². The third-order valence-corrected chi connectivity index (χ3v) is 11.0. The van der Waals surface area contributed by atoms with Crippen LogP contribution in [-0.2, 0) is 18.4 Å². The molecule has 140 valence electrons. The molecule has 1 rings (SSSR count). The van der Waals surface area contributed by atoms with Gasteiger partial charge in [0.25, 0.3) is 0 Å². The van der Waals surface area contributed by atoms with Gasteiger partial charge in [0.05, 0.1) is 7.11 Å². The summed E-state index contributed by atoms with van der Waals surface area (Å²) in [5, 5.41) is 0. The number of carbonyl (C=O) groups is 2. The molecule has 0 radical (unpaired) electrons. The second kappa shape index (κ2) is 7.29. The maximum atomic E-state index is 12.8. The van der Waals surface area contributed by atoms with Crippen LogP contribution in [0.1, 0.15) is 19.8 Å². The van der Waals surface area contributed by atoms with Crippen LogP contribution in [0.3, 0.4) is 0 Å². The van der Waals surface area contributed by atoms with Gasteiger partial charge in [-0.05, 0) is 63.5 Å². The maximum absolute atomic E-state index is 12.8. The molecule has 1 saturated carbocycles. The first-order valence-corrected chi connectivity index (χ1v) is 15.3. The van der Waals surface area contributed by atoms with Crippen molar-refractivity contribution in [1.82, 2.24) is 4.90 Å². The van der Waals surface area contributed by atoms with Crippen LogP contribution in [0.2, 0.25) is 38.8 Å². The molecule has 24 heavy (non-hydrogen) atoms. The monoisotopic (exact) mass is 373 g/mol. The summed E-state index contributed by atoms with van der Waals surface area (Å²) in [6.07, 6.45) is 1.14. The highest BCUT2D eigenvalue weighted by Crippen LogP contribution is 2.50. The molecule has 5 nitrogen and oxygen atoms in total. The predicted octanol–water partition coefficient (Wildman–Crippen LogP) is 3.34. The van der Waals surface area contributed by atoms with Gasteiger partial charge in [-0.15, -0.1) is 0 Å². The Morgan fingerprint density at radius 2 is 1.67 bits per heavy atom. The van der Waals surface area contributed by atoms with Crippen LogP contribution in [0.4, 0.5) is 0 Å². The SMILES string of the molecule is COC(=O)C1(C(=O)N(C)C)C[C@H](C[Si](C)(C)O[Si](C)(C)C)[C@@H](C)C1. The number of hydrogen-bond donors (Lipinski definition) is 0. The van der Waals surface area contributed by atoms with E-state index in [1.165, 1.54) is 12.0 Å². The van der Waals surface area contributed by atoms with Gasteiger partial charge in [0.2, 0.25) is 5.91 Å². The zero-order valence-electron chi connectivity index (χ0n) is 16.9. The molecular formula is C17H35NO4Si2. The highest BCUT2D eigenvalue weighted by molar-refractivity contribution is 6.84. The zero-order valence-corrected chi connectivity index (χ0v) is 18.9. The van der Waals surface area contributed by atoms with Crippen LogP contribution in [0, 0.1) is 17.3 Å². The highest BCUT2D eigenvalue weighted by atomic mass is 28.4. The Kier molecular flexibility index (Phi) is 6.50. The smallest absolute Gasteiger partial charge is 0.321 e. The van der Waals surface area contributed by atoms with Crippen molar-refractivity contribution in [3.63, 3.8) is 0 Å². The van der Waals surface area contributed by atoms with E-state index in [0.29, 0.717) is 24.7 Å². The minimum atomic E-state index is -1.83. The summed E-state index contributed by atoms with van der Waals surface area (Å²) in [4.78, 5) is 26.8. The molecule has 0 spiro atoms. The molecule has 1 aliphatic rings. The standard InChI is InChI=1S/C17H35NO4Si2/c1-13-10-17(16(20)21-4,15(19)18(2)3)11-14(13)12-24(8,9)22-23(5,6)7/h13-14H,10-12H2,1-9H3/t13-,14+,17?/m0/s1. The lowest BCUT2D eigenvalue weighted by atomic mass is 9.83. The molecule has 0 saturated heterocycles. The molecule has 0 aromatic heterocycles. The summed E-state index contributed by atoms with van der Waals surface area (Å²) in [5.41, 5.74) is -1.02. The van der Waals surface area contributed by atoms with E-state index in [2.05, 4.69) is 39.7 Å². The molecule has 0 aromatic carbocycles. The highest BCUT2D eigenvalue weighted by Gasteiger charge is 2.56. The maximum Gasteiger partial charge on any atom is 0.321 e. The van der Waals surface area contributed by atoms with Crippen molar-refractivity contribution in [3.05, 3.63) is 0 Å². The molecule has 0 N–H and O–H groups in total. The Balaban J connectivity index is 3.02. The van der Waals surface area contributed by atoms with Crippen LogP contribution in [-0.4, -0.2) is 54.6 Å². The molecule has 1 unspecified atom stereocenters. The van der Waals surface area contributed by atoms with Crippen LogP contribution >= 0.6 is 0 Å². The molecule has 1 aliphatic carbocycles. The fraction of sp³-hybridized carbons (Fsp3) is 0.882. The third-order valence-electron chi connectivity index (χ3n) is 4.81. The Hall–Kier alpha value is -0.666. The van der Waals surface area contributed by atoms with Crippen molar-refractivity contribution in [2.45, 2.75) is 58.5 Å². The topological polar surface area (TPSA) is 55.8 Å². The van der Waals surface area contributed by atoms with E-state index >= 15 is 0 Å². The number of rotatable bonds is 6. The minimum absolute atomic E-state index is 0.130. The van der Waals surface area contributed by atoms with Crippen molar-refractivity contribution >= 4 is 28.5 Å². The lowest BCUT2D eigenvalue weighted by molar-refractivity contribution is -0.162. The van der Waals surface area contributed by atoms with Crippen LogP contribution in [0.15, 0.2) is 0 Å². The second-order valence-electron chi connectivity index (χ2n) is 9.10. The number of esters is 1. The molecule has 1 fully saturated rings. The summed E-state index contributed by atoms with van der Waals surface area (Å²) in [5.74, 6) is 0.117. The van der Waals surface area contributed by atoms with E-state index in [1.54, 1.807) is 14.1 Å². The number of hydrogen-bond acceptors (Lipinski definition) is 4. The molecule has 1 amide bonds. The van der Waals surface area contributed by atoms with Gasteiger partial charge < -0.3 is 13.8 Å². The van der Waals surface area contributed by atoms with Crippen molar-refractivity contribution in [2.75, 3.05) is 21.2 Å². The van der Waals surface area contributed by atoms with E-state index in [4.69, 9.17) is 8.85 Å². The van der Waals surface area contributed by atoms with Crippen molar-refractivity contribution in [1.29, 1.82) is 0 Å². The number of ether oxygens (including phenoxy) is 1. The molecular weight excluding hydrogens is 338 g/mol. The van der Waals surface area contributed by atoms with Gasteiger partial charge >= 0.3 is 5.97 Å². The first-order chi connectivity index (χ1) is 10.7. The molecule has 0 aliphatic heterocycles. The van der Waals surface area contributed by atoms with Crippen LogP contribution < -0.4 is 0 Å². The van der Waals surface area contributed by atoms with Gasteiger partial charge in [-0.25, -0.2) is 0 Å². The zero-order chi connectivity index (χ0) is 18.9. The fourth-order valence-corrected chi connectivity index (χ4v) is 13.0. The fourth-order valence-electron chi connectivity index (χ4n) is 4.28. The summed E-state index contributed by atoms with van der Waals surface area (Å²) in [7, 11) is 1.36. The number of nitrogens with zero attached hydrogens (tertiary/aromatic N) is 1. The number of amides is 1. The minimum Gasteiger partial charge on any atom is -0.468 e. The summed E-state index contributed by atoms with van der Waals surface area (Å²) < 4.78 is 11.5. The lowest BCUT2D eigenvalue weighted by Gasteiger charge is -2.34. The summed E-state index contributed by atoms with van der Waals surface area (Å²) in [6.45, 7) is 13.3. The third kappa shape index (κ3) is 4.92. The predicted molar refractivity (Wildman–Crippen MR) is 102 cm³/mol. The molecule has 3 atom stereocenters. The van der Waals surface area contributed by atoms with E-state index in [1.807, 2.05) is 0 Å². The Morgan fingerprint density at radius 3 is 2.08 bits per heavy atom. The van der Waals surface area contributed by atoms with Crippen molar-refractivity contribution in [2.24, 2.45) is 17.3 Å². The van der Waals surface area contributed by atoms with E-state index < -0.39 is 22.0 Å². The van der Waals surface area contributed by atoms with Gasteiger partial charge in [-0.2, -0.15) is 0 Å². The van der Waals surface area contributed by atoms with Gasteiger partial charge in [-0.1, -0.05) is 6.92 Å². The van der Waals surface area contributed by atoms with Gasteiger partial charge in [0.15, 0.2) is 16.6 Å². The molecule has 0 heterocycles. The summed E-state index contributed by atoms with van der Waals surface area (Å²) >= 11 is 0. The van der Waals surface area contributed by atoms with Gasteiger partial charge in [0.1, 0.15) is 5.41 Å². The largest absolute Gasteiger partial charge is 0.468 e. The van der Waals surface area contributed by atoms with Gasteiger partial charge in [-0.3, -0.25) is 9.59 Å². The number of carbonyl (C=O) groups excluding carboxylic acids is 2. The normalized spacial score (nSPS) is 27.9. The first-order valence-electron chi connectivity index (χ1n) is 8.74. The molecule has 7 heteroatoms. The van der Waals surface area contributed by atoms with E-state index in [9.17, 15) is 9.59 Å². The molecule has 0 bridgehead atoms. The van der Waals surface area contributed by atoms with Crippen molar-refractivity contribution in [3.8, 4) is 0 Å². The number of methoxy groups -OCH3 is 1. The average Bonchev–Trinajstić information content (AvgIpc) is 2.71. The first kappa shape index (κ1) is 21.4. The van der Waals surface area contributed by atoms with Gasteiger partial charge in [0, 0.05) is 14.1 Å². The quantitative estimate of drug-likeness (QED) is 0.407. The van der Waals surface area contributed by atoms with E-state index in [0.717, 1.165) is 6.04 Å². The lowest BCUT2D eigenvalue weighted by Crippen LogP contribution is -2.46. The van der Waals surface area contributed by atoms with Crippen molar-refractivity contribution < 1.29 is 18.4 Å².